The number of anilines is 1. The molecule has 13 nitrogen and oxygen atoms in total. The zero-order valence-corrected chi connectivity index (χ0v) is 35.7. The van der Waals surface area contributed by atoms with Gasteiger partial charge in [0.05, 0.1) is 43.9 Å². The summed E-state index contributed by atoms with van der Waals surface area (Å²) in [5, 5.41) is 27.5. The number of hydrogen-bond donors (Lipinski definition) is 4. The van der Waals surface area contributed by atoms with Crippen LogP contribution in [0.3, 0.4) is 0 Å². The van der Waals surface area contributed by atoms with Crippen LogP contribution < -0.4 is 15.4 Å². The molecule has 2 saturated carbocycles. The predicted molar refractivity (Wildman–Crippen MR) is 230 cm³/mol. The Morgan fingerprint density at radius 2 is 1.68 bits per heavy atom. The molecule has 0 unspecified atom stereocenters. The lowest BCUT2D eigenvalue weighted by molar-refractivity contribution is -0.163. The van der Waals surface area contributed by atoms with Gasteiger partial charge in [-0.25, -0.2) is 0 Å². The number of phenols is 1. The number of phenolic OH excluding ortho intramolecular Hbond substituents is 1. The number of likely N-dealkylation sites (tertiary alicyclic amines) is 1. The molecule has 2 aliphatic carbocycles. The van der Waals surface area contributed by atoms with Crippen LogP contribution in [0, 0.1) is 0 Å². The third-order valence-electron chi connectivity index (χ3n) is 13.5. The van der Waals surface area contributed by atoms with E-state index in [0.29, 0.717) is 76.8 Å². The summed E-state index contributed by atoms with van der Waals surface area (Å²) in [6.45, 7) is 7.39. The summed E-state index contributed by atoms with van der Waals surface area (Å²) in [6.07, 6.45) is 15.2. The van der Waals surface area contributed by atoms with Crippen molar-refractivity contribution in [3.8, 4) is 11.5 Å². The van der Waals surface area contributed by atoms with Crippen LogP contribution in [0.25, 0.3) is 0 Å². The lowest BCUT2D eigenvalue weighted by Crippen LogP contribution is -2.58. The number of carbonyl (C=O) groups is 3. The van der Waals surface area contributed by atoms with Crippen molar-refractivity contribution in [2.75, 3.05) is 77.6 Å². The van der Waals surface area contributed by atoms with Gasteiger partial charge in [0.1, 0.15) is 11.4 Å². The average Bonchev–Trinajstić information content (AvgIpc) is 3.48. The number of amides is 3. The number of fused-ring (bicyclic) bond motifs is 1. The van der Waals surface area contributed by atoms with Gasteiger partial charge in [0, 0.05) is 51.9 Å². The van der Waals surface area contributed by atoms with Gasteiger partial charge in [-0.2, -0.15) is 0 Å². The molecule has 5 aliphatic rings. The van der Waals surface area contributed by atoms with E-state index in [-0.39, 0.29) is 48.1 Å². The Morgan fingerprint density at radius 1 is 0.917 bits per heavy atom. The number of nitrogens with zero attached hydrogens (tertiary/aromatic N) is 3. The van der Waals surface area contributed by atoms with Crippen LogP contribution in [0.1, 0.15) is 113 Å². The Balaban J connectivity index is 0.803. The third-order valence-corrected chi connectivity index (χ3v) is 13.5. The van der Waals surface area contributed by atoms with Gasteiger partial charge in [-0.1, -0.05) is 75.3 Å². The van der Waals surface area contributed by atoms with E-state index in [4.69, 9.17) is 14.2 Å². The molecule has 0 atom stereocenters. The lowest BCUT2D eigenvalue weighted by atomic mass is 9.87. The number of aromatic hydroxyl groups is 1. The Kier molecular flexibility index (Phi) is 15.8. The van der Waals surface area contributed by atoms with Crippen molar-refractivity contribution in [2.45, 2.75) is 133 Å². The quantitative estimate of drug-likeness (QED) is 0.0935. The normalized spacial score (nSPS) is 20.8. The second-order valence-electron chi connectivity index (χ2n) is 18.0. The zero-order chi connectivity index (χ0) is 41.8. The first-order chi connectivity index (χ1) is 29.2. The van der Waals surface area contributed by atoms with Crippen molar-refractivity contribution in [1.82, 2.24) is 20.0 Å². The first kappa shape index (κ1) is 44.3. The number of rotatable bonds is 17. The fourth-order valence-electron chi connectivity index (χ4n) is 10.0. The summed E-state index contributed by atoms with van der Waals surface area (Å²) in [5.74, 6) is 0.468. The Hall–Kier alpha value is -3.75. The number of ether oxygens (including phenoxy) is 3. The van der Waals surface area contributed by atoms with E-state index in [1.165, 1.54) is 17.5 Å². The molecule has 0 bridgehead atoms. The highest BCUT2D eigenvalue weighted by molar-refractivity contribution is 5.97. The fraction of sp³-hybridized carbons (Fsp3) is 0.681. The van der Waals surface area contributed by atoms with E-state index in [1.54, 1.807) is 6.07 Å². The third kappa shape index (κ3) is 12.2. The molecule has 0 radical (unpaired) electrons. The molecule has 2 aromatic carbocycles. The van der Waals surface area contributed by atoms with Crippen molar-refractivity contribution in [1.29, 1.82) is 0 Å². The summed E-state index contributed by atoms with van der Waals surface area (Å²) in [7, 11) is 0. The molecular formula is C47H69N5O8. The molecule has 1 spiro atoms. The van der Waals surface area contributed by atoms with Gasteiger partial charge in [-0.05, 0) is 80.7 Å². The molecule has 7 rings (SSSR count). The predicted octanol–water partition coefficient (Wildman–Crippen LogP) is 5.33. The van der Waals surface area contributed by atoms with Crippen LogP contribution >= 0.6 is 0 Å². The number of nitrogens with one attached hydrogen (secondary N) is 2. The first-order valence-electron chi connectivity index (χ1n) is 23.0. The molecule has 4 fully saturated rings. The van der Waals surface area contributed by atoms with E-state index in [1.807, 2.05) is 11.0 Å². The van der Waals surface area contributed by atoms with Crippen molar-refractivity contribution < 1.29 is 38.8 Å². The minimum absolute atomic E-state index is 0.00489. The minimum Gasteiger partial charge on any atom is -0.506 e. The van der Waals surface area contributed by atoms with E-state index >= 15 is 0 Å². The number of morpholine rings is 1. The smallest absolute Gasteiger partial charge is 0.262 e. The minimum atomic E-state index is -0.849. The van der Waals surface area contributed by atoms with Gasteiger partial charge in [0.2, 0.25) is 11.8 Å². The van der Waals surface area contributed by atoms with Crippen molar-refractivity contribution in [3.05, 3.63) is 53.1 Å². The molecular weight excluding hydrogens is 763 g/mol. The van der Waals surface area contributed by atoms with Gasteiger partial charge < -0.3 is 44.9 Å². The lowest BCUT2D eigenvalue weighted by Gasteiger charge is -2.47. The maximum Gasteiger partial charge on any atom is 0.262 e. The second kappa shape index (κ2) is 21.4. The molecule has 60 heavy (non-hydrogen) atoms. The summed E-state index contributed by atoms with van der Waals surface area (Å²) < 4.78 is 18.1. The molecule has 2 aromatic rings. The standard InChI is InChI=1S/C47H69N5O8/c53-40-14-13-38(45-44(40)49-41(54)34-59-45)15-22-48-23-26-52(39-11-4-3-5-12-39)42(55)17-29-58-28-16-36-9-8-10-37(31-36)33-50-24-20-47(21-25-50)35-51(27-30-60-47)43(56)32-46(57)18-6-1-2-7-19-46/h8-10,13-14,31,39,48,53,57H,1-7,11-12,15-30,32-35H2,(H,49,54). The van der Waals surface area contributed by atoms with Gasteiger partial charge in [0.15, 0.2) is 12.4 Å². The van der Waals surface area contributed by atoms with Crippen LogP contribution in [0.4, 0.5) is 5.69 Å². The molecule has 330 valence electrons. The van der Waals surface area contributed by atoms with E-state index in [0.717, 1.165) is 109 Å². The highest BCUT2D eigenvalue weighted by Gasteiger charge is 2.42. The summed E-state index contributed by atoms with van der Waals surface area (Å²) in [5.41, 5.74) is 2.60. The zero-order valence-electron chi connectivity index (χ0n) is 35.7. The highest BCUT2D eigenvalue weighted by Crippen LogP contribution is 2.39. The molecule has 3 aliphatic heterocycles. The number of hydrogen-bond acceptors (Lipinski definition) is 10. The van der Waals surface area contributed by atoms with Crippen LogP contribution in [-0.4, -0.2) is 132 Å². The maximum atomic E-state index is 13.6. The van der Waals surface area contributed by atoms with Crippen LogP contribution in [0.2, 0.25) is 0 Å². The number of aliphatic hydroxyl groups is 1. The maximum absolute atomic E-state index is 13.6. The molecule has 3 heterocycles. The topological polar surface area (TPSA) is 153 Å². The molecule has 0 aromatic heterocycles. The average molecular weight is 832 g/mol. The van der Waals surface area contributed by atoms with Gasteiger partial charge in [-0.3, -0.25) is 19.3 Å². The summed E-state index contributed by atoms with van der Waals surface area (Å²) in [6, 6.07) is 12.4. The summed E-state index contributed by atoms with van der Waals surface area (Å²) >= 11 is 0. The number of piperidine rings is 1. The fourth-order valence-corrected chi connectivity index (χ4v) is 10.0. The van der Waals surface area contributed by atoms with E-state index in [2.05, 4.69) is 44.7 Å². The molecule has 2 saturated heterocycles. The van der Waals surface area contributed by atoms with Crippen molar-refractivity contribution >= 4 is 23.4 Å². The van der Waals surface area contributed by atoms with Crippen LogP contribution in [0.5, 0.6) is 11.5 Å². The number of carbonyl (C=O) groups excluding carboxylic acids is 3. The SMILES string of the molecule is O=C1COc2c(CCNCCN(C(=O)CCOCCc3cccc(CN4CCC5(CC4)CN(C(=O)CC4(O)CCCCCC4)CCO5)c3)C3CCCCC3)ccc(O)c2N1. The van der Waals surface area contributed by atoms with Gasteiger partial charge in [0.25, 0.3) is 5.91 Å². The van der Waals surface area contributed by atoms with E-state index in [9.17, 15) is 24.6 Å². The largest absolute Gasteiger partial charge is 0.506 e. The Labute approximate surface area is 356 Å². The van der Waals surface area contributed by atoms with Crippen LogP contribution in [0.15, 0.2) is 36.4 Å². The Morgan fingerprint density at radius 3 is 2.48 bits per heavy atom. The molecule has 13 heteroatoms. The van der Waals surface area contributed by atoms with Crippen molar-refractivity contribution in [3.63, 3.8) is 0 Å². The van der Waals surface area contributed by atoms with Crippen molar-refractivity contribution in [2.24, 2.45) is 0 Å². The molecule has 4 N–H and O–H groups in total. The first-order valence-corrected chi connectivity index (χ1v) is 23.0. The highest BCUT2D eigenvalue weighted by atomic mass is 16.5. The summed E-state index contributed by atoms with van der Waals surface area (Å²) in [4.78, 5) is 45.2. The van der Waals surface area contributed by atoms with Crippen LogP contribution in [-0.2, 0) is 43.2 Å². The second-order valence-corrected chi connectivity index (χ2v) is 18.0. The van der Waals surface area contributed by atoms with E-state index < -0.39 is 5.60 Å². The monoisotopic (exact) mass is 832 g/mol. The molecule has 3 amide bonds. The van der Waals surface area contributed by atoms with Gasteiger partial charge >= 0.3 is 0 Å². The number of benzene rings is 2. The van der Waals surface area contributed by atoms with Gasteiger partial charge in [-0.15, -0.1) is 0 Å². The Bertz CT molecular complexity index is 1730.